The van der Waals surface area contributed by atoms with Crippen molar-refractivity contribution in [3.8, 4) is 11.1 Å². The zero-order valence-corrected chi connectivity index (χ0v) is 23.1. The highest BCUT2D eigenvalue weighted by atomic mass is 19.4. The Balaban J connectivity index is 1.50. The number of rotatable bonds is 7. The molecule has 0 atom stereocenters. The van der Waals surface area contributed by atoms with Crippen LogP contribution in [0.1, 0.15) is 80.4 Å². The molecule has 1 saturated carbocycles. The first-order chi connectivity index (χ1) is 19.3. The minimum Gasteiger partial charge on any atom is -0.444 e. The van der Waals surface area contributed by atoms with Gasteiger partial charge in [0.05, 0.1) is 23.4 Å². The maximum Gasteiger partial charge on any atom is 0.416 e. The van der Waals surface area contributed by atoms with Crippen LogP contribution >= 0.6 is 0 Å². The number of Topliss-reactive ketones (excluding diaryl/α,β-unsaturated/α-hetero) is 1. The van der Waals surface area contributed by atoms with Gasteiger partial charge in [0.15, 0.2) is 5.78 Å². The summed E-state index contributed by atoms with van der Waals surface area (Å²) in [5, 5.41) is 4.69. The molecule has 0 aliphatic heterocycles. The van der Waals surface area contributed by atoms with Gasteiger partial charge in [0.2, 0.25) is 5.91 Å². The van der Waals surface area contributed by atoms with Crippen LogP contribution in [0.2, 0.25) is 0 Å². The molecule has 41 heavy (non-hydrogen) atoms. The molecule has 216 valence electrons. The average molecular weight is 568 g/mol. The summed E-state index contributed by atoms with van der Waals surface area (Å²) in [7, 11) is 0. The van der Waals surface area contributed by atoms with Crippen LogP contribution in [-0.2, 0) is 15.7 Å². The van der Waals surface area contributed by atoms with E-state index in [1.54, 1.807) is 45.2 Å². The van der Waals surface area contributed by atoms with Gasteiger partial charge in [-0.2, -0.15) is 13.2 Å². The first-order valence-corrected chi connectivity index (χ1v) is 13.4. The molecule has 0 saturated heterocycles. The number of ketones is 1. The molecule has 4 rings (SSSR count). The van der Waals surface area contributed by atoms with Crippen LogP contribution in [0.3, 0.4) is 0 Å². The molecule has 3 aromatic rings. The molecule has 0 unspecified atom stereocenters. The standard InChI is InChI=1S/C31H32F3N3O4/c1-30(2,3)41-29(40)37-24-12-11-23(31(32,33)34)17-26(24)36-28(39)18-27(38)22-10-6-9-20(15-22)21-13-14-35-25(16-21)19-7-4-5-8-19/h6,9-17,19H,4-5,7-8,18H2,1-3H3,(H,36,39)(H,37,40). The second-order valence-corrected chi connectivity index (χ2v) is 11.1. The first kappa shape index (κ1) is 29.8. The second-order valence-electron chi connectivity index (χ2n) is 11.1. The first-order valence-electron chi connectivity index (χ1n) is 13.4. The number of benzene rings is 2. The van der Waals surface area contributed by atoms with E-state index in [0.717, 1.165) is 41.8 Å². The fraction of sp³-hybridized carbons (Fsp3) is 0.355. The molecular formula is C31H32F3N3O4. The molecule has 1 aliphatic carbocycles. The SMILES string of the molecule is CC(C)(C)OC(=O)Nc1ccc(C(F)(F)F)cc1NC(=O)CC(=O)c1cccc(-c2ccnc(C3CCCC3)c2)c1. The third-order valence-electron chi connectivity index (χ3n) is 6.65. The van der Waals surface area contributed by atoms with Crippen molar-refractivity contribution in [2.45, 2.75) is 70.6 Å². The molecule has 10 heteroatoms. The number of anilines is 2. The monoisotopic (exact) mass is 567 g/mol. The smallest absolute Gasteiger partial charge is 0.416 e. The highest BCUT2D eigenvalue weighted by molar-refractivity contribution is 6.12. The zero-order chi connectivity index (χ0) is 29.8. The number of aromatic nitrogens is 1. The van der Waals surface area contributed by atoms with Gasteiger partial charge < -0.3 is 10.1 Å². The summed E-state index contributed by atoms with van der Waals surface area (Å²) in [4.78, 5) is 42.6. The van der Waals surface area contributed by atoms with Gasteiger partial charge in [-0.15, -0.1) is 0 Å². The lowest BCUT2D eigenvalue weighted by Crippen LogP contribution is -2.28. The van der Waals surface area contributed by atoms with Gasteiger partial charge in [-0.1, -0.05) is 31.0 Å². The summed E-state index contributed by atoms with van der Waals surface area (Å²) in [6, 6.07) is 13.2. The van der Waals surface area contributed by atoms with Crippen LogP contribution in [0, 0.1) is 0 Å². The number of carbonyl (C=O) groups is 3. The number of carbonyl (C=O) groups excluding carboxylic acids is 3. The molecule has 0 radical (unpaired) electrons. The van der Waals surface area contributed by atoms with Gasteiger partial charge in [-0.05, 0) is 81.1 Å². The van der Waals surface area contributed by atoms with Crippen LogP contribution in [0.15, 0.2) is 60.8 Å². The molecule has 0 spiro atoms. The summed E-state index contributed by atoms with van der Waals surface area (Å²) < 4.78 is 45.2. The molecule has 2 N–H and O–H groups in total. The molecule has 2 amide bonds. The van der Waals surface area contributed by atoms with Gasteiger partial charge in [0.25, 0.3) is 0 Å². The minimum absolute atomic E-state index is 0.106. The normalized spacial score (nSPS) is 14.0. The van der Waals surface area contributed by atoms with E-state index in [-0.39, 0.29) is 16.9 Å². The predicted molar refractivity (Wildman–Crippen MR) is 150 cm³/mol. The van der Waals surface area contributed by atoms with Crippen molar-refractivity contribution in [3.63, 3.8) is 0 Å². The van der Waals surface area contributed by atoms with Crippen molar-refractivity contribution in [1.29, 1.82) is 0 Å². The maximum absolute atomic E-state index is 13.4. The van der Waals surface area contributed by atoms with Crippen molar-refractivity contribution in [3.05, 3.63) is 77.6 Å². The van der Waals surface area contributed by atoms with Crippen molar-refractivity contribution >= 4 is 29.2 Å². The predicted octanol–water partition coefficient (Wildman–Crippen LogP) is 7.98. The third kappa shape index (κ3) is 8.15. The van der Waals surface area contributed by atoms with Crippen molar-refractivity contribution in [2.75, 3.05) is 10.6 Å². The lowest BCUT2D eigenvalue weighted by atomic mass is 9.97. The molecule has 7 nitrogen and oxygen atoms in total. The van der Waals surface area contributed by atoms with E-state index in [9.17, 15) is 27.6 Å². The Bertz CT molecular complexity index is 1440. The van der Waals surface area contributed by atoms with Gasteiger partial charge >= 0.3 is 12.3 Å². The molecule has 1 fully saturated rings. The Hall–Kier alpha value is -4.21. The fourth-order valence-corrected chi connectivity index (χ4v) is 4.73. The van der Waals surface area contributed by atoms with E-state index in [2.05, 4.69) is 15.6 Å². The summed E-state index contributed by atoms with van der Waals surface area (Å²) in [6.07, 6.45) is 0.107. The van der Waals surface area contributed by atoms with E-state index in [4.69, 9.17) is 4.74 Å². The quantitative estimate of drug-likeness (QED) is 0.223. The van der Waals surface area contributed by atoms with Gasteiger partial charge in [0, 0.05) is 23.4 Å². The van der Waals surface area contributed by atoms with Crippen LogP contribution in [0.4, 0.5) is 29.3 Å². The maximum atomic E-state index is 13.4. The Morgan fingerprint density at radius 2 is 1.61 bits per heavy atom. The topological polar surface area (TPSA) is 97.4 Å². The van der Waals surface area contributed by atoms with Crippen LogP contribution in [0.5, 0.6) is 0 Å². The molecule has 1 aliphatic rings. The number of ether oxygens (including phenoxy) is 1. The van der Waals surface area contributed by atoms with E-state index in [1.165, 1.54) is 12.8 Å². The highest BCUT2D eigenvalue weighted by Gasteiger charge is 2.32. The molecule has 2 aromatic carbocycles. The lowest BCUT2D eigenvalue weighted by Gasteiger charge is -2.21. The van der Waals surface area contributed by atoms with Gasteiger partial charge in [-0.25, -0.2) is 4.79 Å². The largest absolute Gasteiger partial charge is 0.444 e. The summed E-state index contributed by atoms with van der Waals surface area (Å²) in [5.41, 5.74) is 0.702. The lowest BCUT2D eigenvalue weighted by molar-refractivity contribution is -0.137. The van der Waals surface area contributed by atoms with E-state index in [0.29, 0.717) is 12.0 Å². The molecular weight excluding hydrogens is 535 g/mol. The summed E-state index contributed by atoms with van der Waals surface area (Å²) in [6.45, 7) is 4.89. The summed E-state index contributed by atoms with van der Waals surface area (Å²) >= 11 is 0. The number of pyridine rings is 1. The van der Waals surface area contributed by atoms with E-state index < -0.39 is 41.5 Å². The number of hydrogen-bond donors (Lipinski definition) is 2. The fourth-order valence-electron chi connectivity index (χ4n) is 4.73. The number of nitrogens with one attached hydrogen (secondary N) is 2. The second kappa shape index (κ2) is 12.1. The van der Waals surface area contributed by atoms with E-state index in [1.807, 2.05) is 18.2 Å². The molecule has 0 bridgehead atoms. The zero-order valence-electron chi connectivity index (χ0n) is 23.1. The number of alkyl halides is 3. The number of nitrogens with zero attached hydrogens (tertiary/aromatic N) is 1. The Labute approximate surface area is 236 Å². The van der Waals surface area contributed by atoms with Crippen LogP contribution in [-0.4, -0.2) is 28.4 Å². The van der Waals surface area contributed by atoms with Crippen molar-refractivity contribution in [1.82, 2.24) is 4.98 Å². The van der Waals surface area contributed by atoms with E-state index >= 15 is 0 Å². The Kier molecular flexibility index (Phi) is 8.80. The van der Waals surface area contributed by atoms with Gasteiger partial charge in [0.1, 0.15) is 5.60 Å². The van der Waals surface area contributed by atoms with Crippen LogP contribution in [0.25, 0.3) is 11.1 Å². The Morgan fingerprint density at radius 3 is 2.29 bits per heavy atom. The minimum atomic E-state index is -4.69. The van der Waals surface area contributed by atoms with Gasteiger partial charge in [-0.3, -0.25) is 19.9 Å². The molecule has 1 heterocycles. The van der Waals surface area contributed by atoms with Crippen molar-refractivity contribution < 1.29 is 32.3 Å². The van der Waals surface area contributed by atoms with Crippen LogP contribution < -0.4 is 10.6 Å². The van der Waals surface area contributed by atoms with Crippen molar-refractivity contribution in [2.24, 2.45) is 0 Å². The number of halogens is 3. The highest BCUT2D eigenvalue weighted by Crippen LogP contribution is 2.36. The summed E-state index contributed by atoms with van der Waals surface area (Å²) in [5.74, 6) is -0.920. The average Bonchev–Trinajstić information content (AvgIpc) is 3.43. The number of hydrogen-bond acceptors (Lipinski definition) is 5. The molecule has 1 aromatic heterocycles. The third-order valence-corrected chi connectivity index (χ3v) is 6.65. The number of amides is 2. The Morgan fingerprint density at radius 1 is 0.902 bits per heavy atom.